The number of hydrogen-bond acceptors (Lipinski definition) is 3. The first-order valence-electron chi connectivity index (χ1n) is 7.81. The fraction of sp³-hybridized carbons (Fsp3) is 0.588. The third-order valence-electron chi connectivity index (χ3n) is 4.14. The Morgan fingerprint density at radius 2 is 1.82 bits per heavy atom. The maximum absolute atomic E-state index is 12.3. The molecule has 0 aliphatic carbocycles. The van der Waals surface area contributed by atoms with Crippen molar-refractivity contribution in [1.82, 2.24) is 15.1 Å². The number of urea groups is 1. The molecule has 0 bridgehead atoms. The van der Waals surface area contributed by atoms with E-state index in [1.54, 1.807) is 7.11 Å². The molecule has 1 aliphatic rings. The molecule has 0 unspecified atom stereocenters. The Morgan fingerprint density at radius 3 is 2.41 bits per heavy atom. The van der Waals surface area contributed by atoms with E-state index >= 15 is 0 Å². The van der Waals surface area contributed by atoms with Gasteiger partial charge < -0.3 is 15.0 Å². The van der Waals surface area contributed by atoms with Crippen LogP contribution in [0.15, 0.2) is 24.3 Å². The second kappa shape index (κ2) is 7.01. The Balaban J connectivity index is 1.84. The molecule has 0 aromatic heterocycles. The van der Waals surface area contributed by atoms with Crippen molar-refractivity contribution in [3.8, 4) is 5.75 Å². The zero-order chi connectivity index (χ0) is 16.2. The molecule has 1 saturated heterocycles. The molecular weight excluding hydrogens is 278 g/mol. The number of para-hydroxylation sites is 1. The maximum Gasteiger partial charge on any atom is 0.317 e. The summed E-state index contributed by atoms with van der Waals surface area (Å²) in [4.78, 5) is 16.6. The average Bonchev–Trinajstić information content (AvgIpc) is 2.52. The number of piperazine rings is 1. The zero-order valence-electron chi connectivity index (χ0n) is 14.1. The lowest BCUT2D eigenvalue weighted by Crippen LogP contribution is -2.56. The molecule has 5 nitrogen and oxygen atoms in total. The van der Waals surface area contributed by atoms with Crippen molar-refractivity contribution < 1.29 is 9.53 Å². The number of hydrogen-bond donors (Lipinski definition) is 1. The van der Waals surface area contributed by atoms with Crippen molar-refractivity contribution in [3.05, 3.63) is 29.8 Å². The van der Waals surface area contributed by atoms with E-state index in [0.29, 0.717) is 6.54 Å². The summed E-state index contributed by atoms with van der Waals surface area (Å²) in [5.74, 6) is 0.806. The second-order valence-corrected chi connectivity index (χ2v) is 6.62. The summed E-state index contributed by atoms with van der Waals surface area (Å²) in [5, 5.41) is 2.99. The van der Waals surface area contributed by atoms with Gasteiger partial charge in [-0.2, -0.15) is 0 Å². The van der Waals surface area contributed by atoms with Gasteiger partial charge in [0.25, 0.3) is 0 Å². The molecule has 1 aliphatic heterocycles. The first-order valence-corrected chi connectivity index (χ1v) is 7.81. The molecule has 0 radical (unpaired) electrons. The van der Waals surface area contributed by atoms with Gasteiger partial charge in [0.15, 0.2) is 0 Å². The minimum Gasteiger partial charge on any atom is -0.496 e. The van der Waals surface area contributed by atoms with Gasteiger partial charge >= 0.3 is 6.03 Å². The van der Waals surface area contributed by atoms with Gasteiger partial charge in [-0.25, -0.2) is 4.79 Å². The first-order chi connectivity index (χ1) is 10.4. The number of carbonyl (C=O) groups is 1. The van der Waals surface area contributed by atoms with E-state index in [4.69, 9.17) is 4.74 Å². The van der Waals surface area contributed by atoms with Crippen LogP contribution < -0.4 is 10.1 Å². The van der Waals surface area contributed by atoms with Gasteiger partial charge in [0.05, 0.1) is 7.11 Å². The molecule has 5 heteroatoms. The first kappa shape index (κ1) is 16.6. The third kappa shape index (κ3) is 4.13. The predicted molar refractivity (Wildman–Crippen MR) is 88.1 cm³/mol. The molecule has 1 N–H and O–H groups in total. The topological polar surface area (TPSA) is 44.8 Å². The van der Waals surface area contributed by atoms with E-state index < -0.39 is 0 Å². The second-order valence-electron chi connectivity index (χ2n) is 6.62. The van der Waals surface area contributed by atoms with E-state index in [1.807, 2.05) is 29.2 Å². The molecule has 1 heterocycles. The summed E-state index contributed by atoms with van der Waals surface area (Å²) in [5.41, 5.74) is 1.16. The molecular formula is C17H27N3O2. The fourth-order valence-corrected chi connectivity index (χ4v) is 2.71. The standard InChI is InChI=1S/C17H27N3O2/c1-17(2,3)20-11-9-19(10-12-20)16(21)18-13-14-7-5-6-8-15(14)22-4/h5-8H,9-13H2,1-4H3,(H,18,21). The number of ether oxygens (including phenoxy) is 1. The largest absolute Gasteiger partial charge is 0.496 e. The summed E-state index contributed by atoms with van der Waals surface area (Å²) in [6.45, 7) is 10.5. The Morgan fingerprint density at radius 1 is 1.18 bits per heavy atom. The molecule has 0 atom stereocenters. The highest BCUT2D eigenvalue weighted by Gasteiger charge is 2.27. The van der Waals surface area contributed by atoms with Crippen LogP contribution in [0.5, 0.6) is 5.75 Å². The smallest absolute Gasteiger partial charge is 0.317 e. The van der Waals surface area contributed by atoms with Gasteiger partial charge in [-0.15, -0.1) is 0 Å². The monoisotopic (exact) mass is 305 g/mol. The van der Waals surface area contributed by atoms with Crippen molar-refractivity contribution >= 4 is 6.03 Å². The van der Waals surface area contributed by atoms with E-state index in [9.17, 15) is 4.79 Å². The van der Waals surface area contributed by atoms with E-state index in [1.165, 1.54) is 0 Å². The molecule has 0 spiro atoms. The van der Waals surface area contributed by atoms with E-state index in [2.05, 4.69) is 31.0 Å². The number of carbonyl (C=O) groups excluding carboxylic acids is 1. The molecule has 2 rings (SSSR count). The highest BCUT2D eigenvalue weighted by Crippen LogP contribution is 2.18. The quantitative estimate of drug-likeness (QED) is 0.932. The summed E-state index contributed by atoms with van der Waals surface area (Å²) in [7, 11) is 1.65. The number of methoxy groups -OCH3 is 1. The Kier molecular flexibility index (Phi) is 5.29. The van der Waals surface area contributed by atoms with Gasteiger partial charge in [0.2, 0.25) is 0 Å². The summed E-state index contributed by atoms with van der Waals surface area (Å²) in [6.07, 6.45) is 0. The molecule has 122 valence electrons. The van der Waals surface area contributed by atoms with Crippen LogP contribution in [0.25, 0.3) is 0 Å². The lowest BCUT2D eigenvalue weighted by molar-refractivity contribution is 0.0742. The Labute approximate surface area is 133 Å². The highest BCUT2D eigenvalue weighted by atomic mass is 16.5. The predicted octanol–water partition coefficient (Wildman–Crippen LogP) is 2.32. The Bertz CT molecular complexity index is 503. The highest BCUT2D eigenvalue weighted by molar-refractivity contribution is 5.74. The van der Waals surface area contributed by atoms with Crippen LogP contribution in [0.2, 0.25) is 0 Å². The van der Waals surface area contributed by atoms with Crippen LogP contribution >= 0.6 is 0 Å². The average molecular weight is 305 g/mol. The zero-order valence-corrected chi connectivity index (χ0v) is 14.1. The fourth-order valence-electron chi connectivity index (χ4n) is 2.71. The van der Waals surface area contributed by atoms with Crippen LogP contribution in [-0.4, -0.2) is 54.7 Å². The Hall–Kier alpha value is -1.75. The molecule has 22 heavy (non-hydrogen) atoms. The molecule has 1 fully saturated rings. The van der Waals surface area contributed by atoms with Crippen molar-refractivity contribution in [2.45, 2.75) is 32.9 Å². The SMILES string of the molecule is COc1ccccc1CNC(=O)N1CCN(C(C)(C)C)CC1. The molecule has 0 saturated carbocycles. The lowest BCUT2D eigenvalue weighted by Gasteiger charge is -2.42. The maximum atomic E-state index is 12.3. The van der Waals surface area contributed by atoms with E-state index in [-0.39, 0.29) is 11.6 Å². The third-order valence-corrected chi connectivity index (χ3v) is 4.14. The molecule has 1 aromatic rings. The number of rotatable bonds is 3. The van der Waals surface area contributed by atoms with Crippen molar-refractivity contribution in [2.24, 2.45) is 0 Å². The van der Waals surface area contributed by atoms with Gasteiger partial charge in [-0.05, 0) is 26.8 Å². The number of amides is 2. The molecule has 2 amide bonds. The van der Waals surface area contributed by atoms with Crippen LogP contribution in [0.1, 0.15) is 26.3 Å². The minimum absolute atomic E-state index is 0.000495. The van der Waals surface area contributed by atoms with E-state index in [0.717, 1.165) is 37.5 Å². The lowest BCUT2D eigenvalue weighted by atomic mass is 10.1. The van der Waals surface area contributed by atoms with Gasteiger partial charge in [-0.1, -0.05) is 18.2 Å². The van der Waals surface area contributed by atoms with Crippen LogP contribution in [0.4, 0.5) is 4.79 Å². The van der Waals surface area contributed by atoms with Gasteiger partial charge in [-0.3, -0.25) is 4.90 Å². The van der Waals surface area contributed by atoms with Crippen molar-refractivity contribution in [2.75, 3.05) is 33.3 Å². The van der Waals surface area contributed by atoms with Crippen molar-refractivity contribution in [3.63, 3.8) is 0 Å². The number of benzene rings is 1. The number of nitrogens with zero attached hydrogens (tertiary/aromatic N) is 2. The summed E-state index contributed by atoms with van der Waals surface area (Å²) < 4.78 is 5.30. The van der Waals surface area contributed by atoms with Gasteiger partial charge in [0, 0.05) is 43.8 Å². The summed E-state index contributed by atoms with van der Waals surface area (Å²) >= 11 is 0. The normalized spacial score (nSPS) is 16.5. The van der Waals surface area contributed by atoms with Gasteiger partial charge in [0.1, 0.15) is 5.75 Å². The minimum atomic E-state index is -0.000495. The molecule has 1 aromatic carbocycles. The van der Waals surface area contributed by atoms with Crippen LogP contribution in [0.3, 0.4) is 0 Å². The summed E-state index contributed by atoms with van der Waals surface area (Å²) in [6, 6.07) is 7.75. The van der Waals surface area contributed by atoms with Crippen LogP contribution in [-0.2, 0) is 6.54 Å². The number of nitrogens with one attached hydrogen (secondary N) is 1. The van der Waals surface area contributed by atoms with Crippen molar-refractivity contribution in [1.29, 1.82) is 0 Å². The van der Waals surface area contributed by atoms with Crippen LogP contribution in [0, 0.1) is 0 Å².